The first kappa shape index (κ1) is 36.7. The van der Waals surface area contributed by atoms with Gasteiger partial charge in [0.05, 0.1) is 24.7 Å². The molecule has 9 heteroatoms. The smallest absolute Gasteiger partial charge is 0.316 e. The number of hydrogen-bond acceptors (Lipinski definition) is 9. The van der Waals surface area contributed by atoms with Crippen LogP contribution in [-0.2, 0) is 38.0 Å². The van der Waals surface area contributed by atoms with E-state index < -0.39 is 47.7 Å². The van der Waals surface area contributed by atoms with Crippen molar-refractivity contribution in [3.8, 4) is 0 Å². The Morgan fingerprint density at radius 3 is 2.56 bits per heavy atom. The van der Waals surface area contributed by atoms with E-state index in [1.54, 1.807) is 13.2 Å². The number of allylic oxidation sites excluding steroid dienone is 3. The van der Waals surface area contributed by atoms with Crippen molar-refractivity contribution in [1.82, 2.24) is 0 Å². The lowest BCUT2D eigenvalue weighted by Gasteiger charge is -2.50. The van der Waals surface area contributed by atoms with Gasteiger partial charge in [-0.05, 0) is 68.7 Å². The first-order valence-corrected chi connectivity index (χ1v) is 17.7. The molecule has 2 bridgehead atoms. The van der Waals surface area contributed by atoms with E-state index in [9.17, 15) is 14.7 Å². The zero-order valence-corrected chi connectivity index (χ0v) is 30.2. The van der Waals surface area contributed by atoms with Gasteiger partial charge >= 0.3 is 11.9 Å². The molecule has 1 N–H and O–H groups in total. The summed E-state index contributed by atoms with van der Waals surface area (Å²) in [6.45, 7) is 16.0. The molecule has 0 unspecified atom stereocenters. The molecular weight excluding hydrogens is 612 g/mol. The average molecular weight is 669 g/mol. The maximum absolute atomic E-state index is 14.2. The van der Waals surface area contributed by atoms with Gasteiger partial charge in [-0.25, -0.2) is 0 Å². The van der Waals surface area contributed by atoms with Crippen molar-refractivity contribution < 1.29 is 43.1 Å². The van der Waals surface area contributed by atoms with Crippen molar-refractivity contribution in [3.05, 3.63) is 58.7 Å². The predicted molar refractivity (Wildman–Crippen MR) is 182 cm³/mol. The molecule has 1 spiro atoms. The minimum atomic E-state index is -1.67. The van der Waals surface area contributed by atoms with Crippen molar-refractivity contribution >= 4 is 11.9 Å². The van der Waals surface area contributed by atoms with Gasteiger partial charge in [-0.3, -0.25) is 9.59 Å². The second-order valence-electron chi connectivity index (χ2n) is 15.0. The Morgan fingerprint density at radius 2 is 1.88 bits per heavy atom. The second-order valence-corrected chi connectivity index (χ2v) is 15.0. The van der Waals surface area contributed by atoms with Crippen molar-refractivity contribution in [3.63, 3.8) is 0 Å². The molecule has 0 amide bonds. The van der Waals surface area contributed by atoms with Crippen molar-refractivity contribution in [1.29, 1.82) is 0 Å². The van der Waals surface area contributed by atoms with Gasteiger partial charge in [0.15, 0.2) is 5.79 Å². The highest BCUT2D eigenvalue weighted by molar-refractivity contribution is 5.78. The Labute approximate surface area is 286 Å². The van der Waals surface area contributed by atoms with Gasteiger partial charge in [0.2, 0.25) is 0 Å². The Morgan fingerprint density at radius 1 is 1.12 bits per heavy atom. The number of aliphatic hydroxyl groups is 1. The van der Waals surface area contributed by atoms with Crippen molar-refractivity contribution in [2.45, 2.75) is 136 Å². The third-order valence-electron chi connectivity index (χ3n) is 11.0. The second kappa shape index (κ2) is 14.7. The molecule has 0 aromatic rings. The van der Waals surface area contributed by atoms with Crippen LogP contribution in [0, 0.1) is 23.7 Å². The summed E-state index contributed by atoms with van der Waals surface area (Å²) >= 11 is 0. The summed E-state index contributed by atoms with van der Waals surface area (Å²) in [5.41, 5.74) is 1.76. The van der Waals surface area contributed by atoms with E-state index in [1.807, 2.05) is 59.8 Å². The monoisotopic (exact) mass is 668 g/mol. The zero-order chi connectivity index (χ0) is 35.0. The Kier molecular flexibility index (Phi) is 11.3. The summed E-state index contributed by atoms with van der Waals surface area (Å²) in [5, 5.41) is 12.5. The fraction of sp³-hybridized carbons (Fsp3) is 0.692. The van der Waals surface area contributed by atoms with Gasteiger partial charge < -0.3 is 33.5 Å². The molecule has 48 heavy (non-hydrogen) atoms. The van der Waals surface area contributed by atoms with E-state index in [2.05, 4.69) is 26.0 Å². The summed E-state index contributed by atoms with van der Waals surface area (Å²) < 4.78 is 38.0. The highest BCUT2D eigenvalue weighted by Crippen LogP contribution is 2.48. The van der Waals surface area contributed by atoms with Crippen LogP contribution in [0.25, 0.3) is 0 Å². The molecule has 0 aromatic carbocycles. The SMILES string of the molecule is C/C=C(\C)[C@H]1O[C@]2(CC[C@@H]1C)C[C@@H]1C[C@@H](CC=C(C)[C@H](OC(=O)C(C)C)[C@@H](C)C=CC=C3CO[C@@H]4[C@H](OC)C(C)=C[C@@H](C(=O)O1)[C@]34O)O2. The highest BCUT2D eigenvalue weighted by atomic mass is 16.7. The number of fused-ring (bicyclic) bond motifs is 2. The van der Waals surface area contributed by atoms with E-state index in [0.29, 0.717) is 37.2 Å². The summed E-state index contributed by atoms with van der Waals surface area (Å²) in [5.74, 6) is -2.83. The molecule has 3 saturated heterocycles. The number of rotatable bonds is 4. The average Bonchev–Trinajstić information content (AvgIpc) is 3.38. The maximum Gasteiger partial charge on any atom is 0.316 e. The van der Waals surface area contributed by atoms with Gasteiger partial charge in [0.25, 0.3) is 0 Å². The minimum Gasteiger partial charge on any atom is -0.462 e. The van der Waals surface area contributed by atoms with E-state index >= 15 is 0 Å². The lowest BCUT2D eigenvalue weighted by atomic mass is 9.70. The number of carbonyl (C=O) groups excluding carboxylic acids is 2. The Hall–Kier alpha value is -2.56. The predicted octanol–water partition coefficient (Wildman–Crippen LogP) is 6.31. The molecule has 0 saturated carbocycles. The molecule has 5 rings (SSSR count). The van der Waals surface area contributed by atoms with Crippen LogP contribution in [-0.4, -0.2) is 78.8 Å². The fourth-order valence-electron chi connectivity index (χ4n) is 8.06. The van der Waals surface area contributed by atoms with E-state index in [4.69, 9.17) is 28.4 Å². The topological polar surface area (TPSA) is 110 Å². The van der Waals surface area contributed by atoms with Gasteiger partial charge in [-0.15, -0.1) is 0 Å². The fourth-order valence-corrected chi connectivity index (χ4v) is 8.06. The van der Waals surface area contributed by atoms with Crippen LogP contribution in [0.15, 0.2) is 58.7 Å². The molecule has 4 heterocycles. The molecule has 266 valence electrons. The van der Waals surface area contributed by atoms with Gasteiger partial charge in [-0.2, -0.15) is 0 Å². The van der Waals surface area contributed by atoms with Gasteiger partial charge in [-0.1, -0.05) is 64.2 Å². The Balaban J connectivity index is 1.58. The normalized spacial score (nSPS) is 40.9. The van der Waals surface area contributed by atoms with Crippen LogP contribution in [0.2, 0.25) is 0 Å². The van der Waals surface area contributed by atoms with Gasteiger partial charge in [0.1, 0.15) is 35.9 Å². The van der Waals surface area contributed by atoms with E-state index in [-0.39, 0.29) is 36.6 Å². The lowest BCUT2D eigenvalue weighted by Crippen LogP contribution is -2.58. The van der Waals surface area contributed by atoms with Crippen LogP contribution in [0.3, 0.4) is 0 Å². The molecule has 4 aliphatic heterocycles. The third-order valence-corrected chi connectivity index (χ3v) is 11.0. The van der Waals surface area contributed by atoms with E-state index in [0.717, 1.165) is 23.1 Å². The lowest BCUT2D eigenvalue weighted by molar-refractivity contribution is -0.329. The number of carbonyl (C=O) groups is 2. The molecule has 11 atom stereocenters. The number of hydrogen-bond donors (Lipinski definition) is 1. The first-order chi connectivity index (χ1) is 22.7. The molecule has 3 fully saturated rings. The van der Waals surface area contributed by atoms with E-state index in [1.165, 1.54) is 0 Å². The first-order valence-electron chi connectivity index (χ1n) is 17.7. The molecule has 1 aliphatic carbocycles. The van der Waals surface area contributed by atoms with Crippen LogP contribution in [0.1, 0.15) is 87.5 Å². The quantitative estimate of drug-likeness (QED) is 0.272. The number of ether oxygens (including phenoxy) is 6. The molecule has 0 radical (unpaired) electrons. The standard InChI is InChI=1S/C39H56O9/c1-10-23(4)33-26(7)16-17-38(48-33)20-30-19-29(47-38)15-14-25(6)32(46-36(40)22(2)3)24(5)12-11-13-28-21-44-35-34(43-9)27(8)18-31(37(41)45-30)39(28,35)42/h10-14,18,22,24,26,29-35,42H,15-17,19-21H2,1-9H3/b12-11?,23-10+,25-14?,28-13?/t24-,26-,29+,30-,31-,32+,33+,34+,35+,38+,39+/m0/s1. The molecular formula is C39H56O9. The minimum absolute atomic E-state index is 0.110. The highest BCUT2D eigenvalue weighted by Gasteiger charge is 2.60. The molecule has 9 nitrogen and oxygen atoms in total. The summed E-state index contributed by atoms with van der Waals surface area (Å²) in [6.07, 6.45) is 11.8. The van der Waals surface area contributed by atoms with Crippen LogP contribution < -0.4 is 0 Å². The number of methoxy groups -OCH3 is 1. The number of esters is 2. The summed E-state index contributed by atoms with van der Waals surface area (Å²) in [6, 6.07) is 0. The Bertz CT molecular complexity index is 1370. The summed E-state index contributed by atoms with van der Waals surface area (Å²) in [7, 11) is 1.58. The zero-order valence-electron chi connectivity index (χ0n) is 30.2. The van der Waals surface area contributed by atoms with Crippen LogP contribution in [0.4, 0.5) is 0 Å². The van der Waals surface area contributed by atoms with Gasteiger partial charge in [0, 0.05) is 32.3 Å². The summed E-state index contributed by atoms with van der Waals surface area (Å²) in [4.78, 5) is 27.1. The maximum atomic E-state index is 14.2. The molecule has 5 aliphatic rings. The van der Waals surface area contributed by atoms with Crippen LogP contribution in [0.5, 0.6) is 0 Å². The molecule has 0 aromatic heterocycles. The van der Waals surface area contributed by atoms with Crippen molar-refractivity contribution in [2.24, 2.45) is 23.7 Å². The van der Waals surface area contributed by atoms with Crippen molar-refractivity contribution in [2.75, 3.05) is 13.7 Å². The third kappa shape index (κ3) is 7.17. The van der Waals surface area contributed by atoms with Crippen LogP contribution >= 0.6 is 0 Å². The largest absolute Gasteiger partial charge is 0.462 e.